The minimum Gasteiger partial charge on any atom is -0.494 e. The van der Waals surface area contributed by atoms with E-state index in [1.165, 1.54) is 19.3 Å². The molecule has 0 saturated heterocycles. The lowest BCUT2D eigenvalue weighted by Gasteiger charge is -2.39. The van der Waals surface area contributed by atoms with Crippen molar-refractivity contribution in [3.63, 3.8) is 0 Å². The Bertz CT molecular complexity index is 654. The highest BCUT2D eigenvalue weighted by Crippen LogP contribution is 2.44. The summed E-state index contributed by atoms with van der Waals surface area (Å²) in [6.07, 6.45) is 14.6. The second-order valence-corrected chi connectivity index (χ2v) is 10.7. The van der Waals surface area contributed by atoms with Gasteiger partial charge in [-0.1, -0.05) is 59.4 Å². The predicted molar refractivity (Wildman–Crippen MR) is 119 cm³/mol. The fourth-order valence-electron chi connectivity index (χ4n) is 5.33. The Labute approximate surface area is 174 Å². The third kappa shape index (κ3) is 5.19. The highest BCUT2D eigenvalue weighted by atomic mass is 16.5. The van der Waals surface area contributed by atoms with E-state index >= 15 is 0 Å². The molecule has 0 radical (unpaired) electrons. The van der Waals surface area contributed by atoms with Gasteiger partial charge in [0.1, 0.15) is 11.9 Å². The maximum absolute atomic E-state index is 12.4. The zero-order chi connectivity index (χ0) is 20.5. The van der Waals surface area contributed by atoms with Gasteiger partial charge in [0.15, 0.2) is 0 Å². The number of ketones is 1. The topological polar surface area (TPSA) is 26.3 Å². The lowest BCUT2D eigenvalue weighted by atomic mass is 9.66. The summed E-state index contributed by atoms with van der Waals surface area (Å²) in [6, 6.07) is 0. The van der Waals surface area contributed by atoms with Crippen molar-refractivity contribution in [1.29, 1.82) is 0 Å². The van der Waals surface area contributed by atoms with E-state index in [-0.39, 0.29) is 12.9 Å². The SMILES string of the molecule is C=C(O[C@H]1CC(=O)C[C@H](CC[C@H]2[C@@H](C)C=CC3=C[C@H](C)CC[C@@H]32)C1)C(C)(C)C.[HH]. The molecule has 0 N–H and O–H groups in total. The fraction of sp³-hybridized carbons (Fsp3) is 0.731. The van der Waals surface area contributed by atoms with Gasteiger partial charge in [-0.05, 0) is 67.3 Å². The molecule has 0 aromatic heterocycles. The van der Waals surface area contributed by atoms with Crippen LogP contribution in [-0.4, -0.2) is 11.9 Å². The molecule has 6 atom stereocenters. The third-order valence-corrected chi connectivity index (χ3v) is 7.24. The summed E-state index contributed by atoms with van der Waals surface area (Å²) in [4.78, 5) is 12.4. The molecule has 0 spiro atoms. The van der Waals surface area contributed by atoms with Gasteiger partial charge in [0.25, 0.3) is 0 Å². The number of carbonyl (C=O) groups is 1. The van der Waals surface area contributed by atoms with Crippen LogP contribution in [-0.2, 0) is 9.53 Å². The molecule has 158 valence electrons. The van der Waals surface area contributed by atoms with Crippen molar-refractivity contribution in [1.82, 2.24) is 0 Å². The van der Waals surface area contributed by atoms with Crippen molar-refractivity contribution < 1.29 is 11.0 Å². The van der Waals surface area contributed by atoms with Gasteiger partial charge in [0.05, 0.1) is 5.76 Å². The van der Waals surface area contributed by atoms with E-state index in [0.717, 1.165) is 42.8 Å². The van der Waals surface area contributed by atoms with E-state index in [4.69, 9.17) is 4.74 Å². The summed E-state index contributed by atoms with van der Waals surface area (Å²) in [5, 5.41) is 0. The maximum Gasteiger partial charge on any atom is 0.136 e. The number of hydrogen-bond acceptors (Lipinski definition) is 2. The lowest BCUT2D eigenvalue weighted by molar-refractivity contribution is -0.126. The molecule has 3 aliphatic rings. The van der Waals surface area contributed by atoms with Gasteiger partial charge in [0, 0.05) is 19.7 Å². The van der Waals surface area contributed by atoms with Crippen molar-refractivity contribution >= 4 is 5.78 Å². The largest absolute Gasteiger partial charge is 0.494 e. The summed E-state index contributed by atoms with van der Waals surface area (Å²) in [5.74, 6) is 4.45. The zero-order valence-corrected chi connectivity index (χ0v) is 18.7. The van der Waals surface area contributed by atoms with Crippen molar-refractivity contribution in [2.45, 2.75) is 85.7 Å². The molecule has 0 aromatic carbocycles. The first-order chi connectivity index (χ1) is 13.1. The molecule has 2 nitrogen and oxygen atoms in total. The molecular weight excluding hydrogens is 344 g/mol. The van der Waals surface area contributed by atoms with Crippen LogP contribution in [0.15, 0.2) is 36.1 Å². The zero-order valence-electron chi connectivity index (χ0n) is 18.7. The Morgan fingerprint density at radius 2 is 1.96 bits per heavy atom. The molecule has 0 bridgehead atoms. The lowest BCUT2D eigenvalue weighted by Crippen LogP contribution is -2.32. The second kappa shape index (κ2) is 8.59. The first-order valence-corrected chi connectivity index (χ1v) is 11.4. The average Bonchev–Trinajstić information content (AvgIpc) is 2.59. The molecule has 2 heteroatoms. The van der Waals surface area contributed by atoms with Gasteiger partial charge in [-0.15, -0.1) is 0 Å². The number of Topliss-reactive ketones (excluding diaryl/α,β-unsaturated/α-hetero) is 1. The van der Waals surface area contributed by atoms with E-state index in [0.29, 0.717) is 24.0 Å². The van der Waals surface area contributed by atoms with Crippen LogP contribution in [0.25, 0.3) is 0 Å². The van der Waals surface area contributed by atoms with E-state index in [1.54, 1.807) is 5.57 Å². The molecular formula is C26H42O2. The van der Waals surface area contributed by atoms with E-state index in [9.17, 15) is 4.79 Å². The molecule has 3 rings (SSSR count). The van der Waals surface area contributed by atoms with Crippen molar-refractivity contribution in [3.05, 3.63) is 36.1 Å². The number of carbonyl (C=O) groups excluding carboxylic acids is 1. The van der Waals surface area contributed by atoms with Gasteiger partial charge in [0.2, 0.25) is 0 Å². The maximum atomic E-state index is 12.4. The van der Waals surface area contributed by atoms with Crippen LogP contribution in [0.3, 0.4) is 0 Å². The molecule has 0 amide bonds. The number of hydrogen-bond donors (Lipinski definition) is 0. The van der Waals surface area contributed by atoms with Gasteiger partial charge in [-0.2, -0.15) is 0 Å². The van der Waals surface area contributed by atoms with Crippen LogP contribution < -0.4 is 0 Å². The van der Waals surface area contributed by atoms with Gasteiger partial charge < -0.3 is 4.74 Å². The Balaban J connectivity index is 0.00000300. The Morgan fingerprint density at radius 3 is 2.68 bits per heavy atom. The average molecular weight is 387 g/mol. The Morgan fingerprint density at radius 1 is 1.21 bits per heavy atom. The van der Waals surface area contributed by atoms with Crippen molar-refractivity contribution in [2.24, 2.45) is 35.0 Å². The summed E-state index contributed by atoms with van der Waals surface area (Å²) >= 11 is 0. The molecule has 28 heavy (non-hydrogen) atoms. The first-order valence-electron chi connectivity index (χ1n) is 11.4. The fourth-order valence-corrected chi connectivity index (χ4v) is 5.33. The number of ether oxygens (including phenoxy) is 1. The number of allylic oxidation sites excluding steroid dienone is 5. The first kappa shape index (κ1) is 21.4. The smallest absolute Gasteiger partial charge is 0.136 e. The van der Waals surface area contributed by atoms with Crippen molar-refractivity contribution in [2.75, 3.05) is 0 Å². The molecule has 0 heterocycles. The number of rotatable bonds is 5. The van der Waals surface area contributed by atoms with Crippen LogP contribution in [0.4, 0.5) is 0 Å². The minimum absolute atomic E-state index is 0. The molecule has 3 aliphatic carbocycles. The Kier molecular flexibility index (Phi) is 6.57. The molecule has 0 aliphatic heterocycles. The van der Waals surface area contributed by atoms with E-state index < -0.39 is 0 Å². The molecule has 1 saturated carbocycles. The van der Waals surface area contributed by atoms with Crippen molar-refractivity contribution in [3.8, 4) is 0 Å². The van der Waals surface area contributed by atoms with Gasteiger partial charge in [-0.3, -0.25) is 4.79 Å². The summed E-state index contributed by atoms with van der Waals surface area (Å²) in [7, 11) is 0. The molecule has 0 aromatic rings. The monoisotopic (exact) mass is 386 g/mol. The number of fused-ring (bicyclic) bond motifs is 1. The van der Waals surface area contributed by atoms with Crippen LogP contribution in [0.5, 0.6) is 0 Å². The highest BCUT2D eigenvalue weighted by Gasteiger charge is 2.35. The predicted octanol–water partition coefficient (Wildman–Crippen LogP) is 7.12. The molecule has 1 fully saturated rings. The van der Waals surface area contributed by atoms with Crippen LogP contribution in [0.1, 0.15) is 81.0 Å². The summed E-state index contributed by atoms with van der Waals surface area (Å²) in [6.45, 7) is 15.2. The van der Waals surface area contributed by atoms with Crippen LogP contribution in [0.2, 0.25) is 0 Å². The minimum atomic E-state index is -0.0687. The summed E-state index contributed by atoms with van der Waals surface area (Å²) in [5.41, 5.74) is 1.50. The van der Waals surface area contributed by atoms with Crippen LogP contribution in [0, 0.1) is 35.0 Å². The second-order valence-electron chi connectivity index (χ2n) is 10.7. The Hall–Kier alpha value is -1.31. The standard InChI is InChI=1S/C26H40O2.H2/c1-17-7-11-25-21(13-17)10-8-18(2)24(25)12-9-20-14-22(27)16-23(15-20)28-19(3)26(4,5)6;/h8,10,13,17-18,20,23-25H,3,7,9,11-12,14-16H2,1-2,4-6H3;1H/t17-,18+,20+,23-,24+,25+;/m1./s1. The van der Waals surface area contributed by atoms with E-state index in [2.05, 4.69) is 59.4 Å². The normalized spacial score (nSPS) is 35.9. The third-order valence-electron chi connectivity index (χ3n) is 7.24. The van der Waals surface area contributed by atoms with Gasteiger partial charge in [-0.25, -0.2) is 0 Å². The molecule has 0 unspecified atom stereocenters. The van der Waals surface area contributed by atoms with Gasteiger partial charge >= 0.3 is 0 Å². The summed E-state index contributed by atoms with van der Waals surface area (Å²) < 4.78 is 6.13. The van der Waals surface area contributed by atoms with Crippen LogP contribution >= 0.6 is 0 Å². The highest BCUT2D eigenvalue weighted by molar-refractivity contribution is 5.80. The quantitative estimate of drug-likeness (QED) is 0.470. The van der Waals surface area contributed by atoms with E-state index in [1.807, 2.05) is 0 Å².